The molecule has 2 aromatic heterocycles. The van der Waals surface area contributed by atoms with Gasteiger partial charge in [-0.25, -0.2) is 9.52 Å². The van der Waals surface area contributed by atoms with Crippen LogP contribution in [0.3, 0.4) is 0 Å². The Bertz CT molecular complexity index is 1380. The van der Waals surface area contributed by atoms with Gasteiger partial charge in [-0.05, 0) is 51.0 Å². The van der Waals surface area contributed by atoms with Crippen molar-refractivity contribution in [3.8, 4) is 6.07 Å². The summed E-state index contributed by atoms with van der Waals surface area (Å²) in [6.45, 7) is 4.49. The van der Waals surface area contributed by atoms with Crippen LogP contribution in [0.15, 0.2) is 66.9 Å². The zero-order valence-corrected chi connectivity index (χ0v) is 23.0. The molecule has 2 amide bonds. The fourth-order valence-electron chi connectivity index (χ4n) is 3.89. The van der Waals surface area contributed by atoms with Crippen LogP contribution in [0.2, 0.25) is 0 Å². The average Bonchev–Trinajstić information content (AvgIpc) is 2.93. The molecule has 2 heterocycles. The third-order valence-electron chi connectivity index (χ3n) is 5.80. The van der Waals surface area contributed by atoms with E-state index >= 15 is 0 Å². The number of aromatic nitrogens is 2. The van der Waals surface area contributed by atoms with Gasteiger partial charge < -0.3 is 20.6 Å². The van der Waals surface area contributed by atoms with Crippen LogP contribution in [-0.4, -0.2) is 35.7 Å². The number of hydrogen-bond donors (Lipinski definition) is 3. The Balaban J connectivity index is 1.72. The molecule has 1 unspecified atom stereocenters. The van der Waals surface area contributed by atoms with Gasteiger partial charge in [0.2, 0.25) is 5.91 Å². The molecule has 0 saturated carbocycles. The number of rotatable bonds is 11. The van der Waals surface area contributed by atoms with Gasteiger partial charge in [0, 0.05) is 18.8 Å². The second-order valence-corrected chi connectivity index (χ2v) is 10.2. The number of alkyl carbamates (subject to hydrolysis) is 1. The molecule has 0 fully saturated rings. The third-order valence-corrected chi connectivity index (χ3v) is 5.80. The first-order chi connectivity index (χ1) is 19.4. The molecule has 216 valence electrons. The van der Waals surface area contributed by atoms with Gasteiger partial charge in [0.15, 0.2) is 6.54 Å². The first-order valence-electron chi connectivity index (χ1n) is 12.9. The Morgan fingerprint density at radius 2 is 1.80 bits per heavy atom. The monoisotopic (exact) mass is 566 g/mol. The molecule has 3 N–H and O–H groups in total. The Morgan fingerprint density at radius 1 is 1.10 bits per heavy atom. The van der Waals surface area contributed by atoms with Gasteiger partial charge in [-0.3, -0.25) is 15.1 Å². The minimum atomic E-state index is -3.38. The van der Waals surface area contributed by atoms with Crippen LogP contribution in [0.4, 0.5) is 19.4 Å². The second kappa shape index (κ2) is 13.5. The van der Waals surface area contributed by atoms with Crippen molar-refractivity contribution in [2.75, 3.05) is 18.4 Å². The van der Waals surface area contributed by atoms with Gasteiger partial charge in [-0.1, -0.05) is 36.4 Å². The van der Waals surface area contributed by atoms with Crippen LogP contribution < -0.4 is 20.7 Å². The maximum absolute atomic E-state index is 14.6. The second-order valence-electron chi connectivity index (χ2n) is 10.2. The van der Waals surface area contributed by atoms with Crippen LogP contribution >= 0.6 is 0 Å². The van der Waals surface area contributed by atoms with E-state index in [1.165, 1.54) is 36.5 Å². The van der Waals surface area contributed by atoms with Crippen molar-refractivity contribution in [1.82, 2.24) is 15.6 Å². The van der Waals surface area contributed by atoms with Crippen molar-refractivity contribution in [2.45, 2.75) is 51.2 Å². The summed E-state index contributed by atoms with van der Waals surface area (Å²) in [5.74, 6) is -4.20. The summed E-state index contributed by atoms with van der Waals surface area (Å²) in [5.41, 5.74) is -0.642. The molecular formula is C29H32F2N6O4. The van der Waals surface area contributed by atoms with E-state index in [9.17, 15) is 28.8 Å². The minimum Gasteiger partial charge on any atom is -0.710 e. The van der Waals surface area contributed by atoms with Crippen LogP contribution in [0.25, 0.3) is 0 Å². The lowest BCUT2D eigenvalue weighted by molar-refractivity contribution is -0.598. The number of pyridine rings is 2. The molecule has 0 saturated heterocycles. The lowest BCUT2D eigenvalue weighted by Crippen LogP contribution is -2.42. The molecule has 0 spiro atoms. The summed E-state index contributed by atoms with van der Waals surface area (Å²) in [6, 6.07) is 17.0. The van der Waals surface area contributed by atoms with E-state index in [1.807, 2.05) is 12.1 Å². The Kier molecular flexibility index (Phi) is 10.1. The standard InChI is InChI=1S/C29H32F2N6O4/c1-28(2,3)41-27(39)34-16-14-22(20-9-5-4-6-10-20)36-26(38)17-23-21(18-32)12-13-25(37(23)40)35-19-29(30,31)24-11-7-8-15-33-24/h4-13,15,22,35H,14,16-17,19H2,1-3H3,(H,34,39)(H,36,38). The molecule has 3 aromatic rings. The number of carbonyl (C=O) groups excluding carboxylic acids is 2. The Hall–Kier alpha value is -4.79. The van der Waals surface area contributed by atoms with E-state index in [-0.39, 0.29) is 28.4 Å². The largest absolute Gasteiger partial charge is 0.710 e. The number of benzene rings is 1. The van der Waals surface area contributed by atoms with Gasteiger partial charge in [0.1, 0.15) is 23.1 Å². The number of halogens is 2. The normalized spacial score (nSPS) is 12.1. The highest BCUT2D eigenvalue weighted by atomic mass is 19.3. The zero-order chi connectivity index (χ0) is 30.0. The van der Waals surface area contributed by atoms with Crippen molar-refractivity contribution < 1.29 is 27.8 Å². The molecule has 1 aromatic carbocycles. The lowest BCUT2D eigenvalue weighted by atomic mass is 10.0. The van der Waals surface area contributed by atoms with E-state index < -0.39 is 48.2 Å². The molecule has 0 aliphatic rings. The first kappa shape index (κ1) is 30.7. The average molecular weight is 567 g/mol. The van der Waals surface area contributed by atoms with Crippen LogP contribution in [0, 0.1) is 16.5 Å². The summed E-state index contributed by atoms with van der Waals surface area (Å²) in [6.07, 6.45) is 0.467. The number of hydrogen-bond acceptors (Lipinski definition) is 7. The summed E-state index contributed by atoms with van der Waals surface area (Å²) in [7, 11) is 0. The predicted octanol–water partition coefficient (Wildman–Crippen LogP) is 4.11. The summed E-state index contributed by atoms with van der Waals surface area (Å²) < 4.78 is 34.7. The number of nitrogens with zero attached hydrogens (tertiary/aromatic N) is 3. The molecule has 0 aliphatic carbocycles. The fraction of sp³-hybridized carbons (Fsp3) is 0.345. The van der Waals surface area contributed by atoms with Crippen molar-refractivity contribution >= 4 is 17.8 Å². The maximum Gasteiger partial charge on any atom is 0.407 e. The summed E-state index contributed by atoms with van der Waals surface area (Å²) in [5, 5.41) is 30.5. The van der Waals surface area contributed by atoms with Crippen molar-refractivity contribution in [2.24, 2.45) is 0 Å². The quantitative estimate of drug-likeness (QED) is 0.234. The molecule has 0 radical (unpaired) electrons. The number of carbonyl (C=O) groups is 2. The molecule has 12 heteroatoms. The number of alkyl halides is 2. The van der Waals surface area contributed by atoms with Gasteiger partial charge in [-0.2, -0.15) is 14.0 Å². The van der Waals surface area contributed by atoms with Crippen LogP contribution in [0.1, 0.15) is 55.7 Å². The fourth-order valence-corrected chi connectivity index (χ4v) is 3.89. The van der Waals surface area contributed by atoms with E-state index in [0.29, 0.717) is 6.42 Å². The van der Waals surface area contributed by atoms with E-state index in [0.717, 1.165) is 5.56 Å². The number of amides is 2. The van der Waals surface area contributed by atoms with Crippen molar-refractivity contribution in [1.29, 1.82) is 5.26 Å². The molecule has 0 bridgehead atoms. The van der Waals surface area contributed by atoms with E-state index in [1.54, 1.807) is 45.0 Å². The molecular weight excluding hydrogens is 534 g/mol. The smallest absolute Gasteiger partial charge is 0.407 e. The van der Waals surface area contributed by atoms with Crippen LogP contribution in [-0.2, 0) is 21.9 Å². The molecule has 1 atom stereocenters. The minimum absolute atomic E-state index is 0.0694. The third kappa shape index (κ3) is 9.13. The first-order valence-corrected chi connectivity index (χ1v) is 12.9. The van der Waals surface area contributed by atoms with E-state index in [4.69, 9.17) is 4.74 Å². The van der Waals surface area contributed by atoms with E-state index in [2.05, 4.69) is 20.9 Å². The van der Waals surface area contributed by atoms with Crippen molar-refractivity contribution in [3.05, 3.63) is 94.6 Å². The van der Waals surface area contributed by atoms with Gasteiger partial charge in [0.25, 0.3) is 5.82 Å². The number of nitriles is 1. The van der Waals surface area contributed by atoms with Crippen LogP contribution in [0.5, 0.6) is 0 Å². The Morgan fingerprint density at radius 3 is 2.44 bits per heavy atom. The molecule has 10 nitrogen and oxygen atoms in total. The summed E-state index contributed by atoms with van der Waals surface area (Å²) >= 11 is 0. The maximum atomic E-state index is 14.6. The number of ether oxygens (including phenoxy) is 1. The van der Waals surface area contributed by atoms with Gasteiger partial charge >= 0.3 is 12.0 Å². The Labute approximate surface area is 236 Å². The highest BCUT2D eigenvalue weighted by Crippen LogP contribution is 2.26. The molecule has 41 heavy (non-hydrogen) atoms. The SMILES string of the molecule is CC(C)(C)OC(=O)NCCC(NC(=O)Cc1c(C#N)ccc(NCC(F)(F)c2ccccn2)[n+]1[O-])c1ccccc1. The van der Waals surface area contributed by atoms with Crippen molar-refractivity contribution in [3.63, 3.8) is 0 Å². The topological polar surface area (TPSA) is 143 Å². The number of anilines is 1. The zero-order valence-electron chi connectivity index (χ0n) is 23.0. The van der Waals surface area contributed by atoms with Gasteiger partial charge in [-0.15, -0.1) is 0 Å². The molecule has 0 aliphatic heterocycles. The lowest BCUT2D eigenvalue weighted by Gasteiger charge is -2.22. The predicted molar refractivity (Wildman–Crippen MR) is 147 cm³/mol. The number of nitrogens with one attached hydrogen (secondary N) is 3. The highest BCUT2D eigenvalue weighted by Gasteiger charge is 2.35. The summed E-state index contributed by atoms with van der Waals surface area (Å²) in [4.78, 5) is 28.8. The van der Waals surface area contributed by atoms with Gasteiger partial charge in [0.05, 0.1) is 18.0 Å². The molecule has 3 rings (SSSR count). The highest BCUT2D eigenvalue weighted by molar-refractivity contribution is 5.79.